The van der Waals surface area contributed by atoms with Gasteiger partial charge in [-0.1, -0.05) is 108 Å². The van der Waals surface area contributed by atoms with E-state index in [2.05, 4.69) is 62.5 Å². The van der Waals surface area contributed by atoms with Crippen molar-refractivity contribution in [2.24, 2.45) is 45.7 Å². The van der Waals surface area contributed by atoms with Crippen LogP contribution in [0.3, 0.4) is 0 Å². The van der Waals surface area contributed by atoms with Crippen LogP contribution in [0.4, 0.5) is 30.1 Å². The standard InChI is InChI=1S/C91H120Cl2FN11O18/c1-55(2)78(104-74(106)33-41-117-43-45-119-47-48-120-46-44-118-42-38-97-80(108)57-16-26-70(72(49-57)116-8)101-83(111)79-76(65-11-9-12-69(93)77(65)94)90(54-95,59-18-21-61(92)22-19-59)73(103-79)51-87(3,4)5)82(110)102-71(13-10-37-98-84(96)112)81(109)99-62-23-14-56(15-24-62)52-122-86(114)105-39-31-63(32-40-105)100-85(113)123-64-28-34-88(6)60(50-64)20-25-68-67(88)29-35-89(7)66(30-36-91(68,89)115)58-17-27-75(107)121-53-58/h9,11-12,14-19,21-24,26-27,49,53,55,60,63-64,66-68,71,73,76,78-79,103,115H,10,13,20,25,28-48,50-52H2,1-8H3,(H,97,108)(H,99,109)(H,100,113)(H,101,111)(H,102,110)(H,104,106)(H3,96,98,112)/t60-,64+,66-,67?,68?,71+,73+,76+,78-,79-,88+,89-,90+,91+/m1/s1. The number of fused-ring (bicyclic) bond motifs is 5. The van der Waals surface area contributed by atoms with Crippen molar-refractivity contribution in [3.63, 3.8) is 0 Å². The van der Waals surface area contributed by atoms with Gasteiger partial charge in [-0.05, 0) is 207 Å². The zero-order valence-corrected chi connectivity index (χ0v) is 73.0. The molecule has 123 heavy (non-hydrogen) atoms. The van der Waals surface area contributed by atoms with E-state index < -0.39 is 94.7 Å². The summed E-state index contributed by atoms with van der Waals surface area (Å²) in [5, 5.41) is 47.3. The van der Waals surface area contributed by atoms with Crippen LogP contribution < -0.4 is 58.6 Å². The number of rotatable bonds is 37. The fourth-order valence-electron chi connectivity index (χ4n) is 19.8. The van der Waals surface area contributed by atoms with Crippen molar-refractivity contribution in [1.82, 2.24) is 36.8 Å². The lowest BCUT2D eigenvalue weighted by molar-refractivity contribution is -0.205. The third-order valence-electron chi connectivity index (χ3n) is 26.2. The van der Waals surface area contributed by atoms with Crippen LogP contribution in [0, 0.1) is 57.1 Å². The number of methoxy groups -OCH3 is 1. The van der Waals surface area contributed by atoms with E-state index in [1.807, 2.05) is 26.8 Å². The fraction of sp³-hybridized carbons (Fsp3) is 0.582. The van der Waals surface area contributed by atoms with Gasteiger partial charge in [0.15, 0.2) is 0 Å². The maximum Gasteiger partial charge on any atom is 0.410 e. The summed E-state index contributed by atoms with van der Waals surface area (Å²) in [6, 6.07) is 23.6. The number of amides is 9. The molecule has 9 amide bonds. The monoisotopic (exact) mass is 1740 g/mol. The molecule has 14 atom stereocenters. The van der Waals surface area contributed by atoms with Crippen molar-refractivity contribution in [3.05, 3.63) is 157 Å². The second kappa shape index (κ2) is 42.5. The Kier molecular flexibility index (Phi) is 32.6. The molecule has 2 aliphatic heterocycles. The number of likely N-dealkylation sites (tertiary alicyclic amines) is 1. The first-order valence-electron chi connectivity index (χ1n) is 43.0. The minimum absolute atomic E-state index is 0.0306. The third kappa shape index (κ3) is 23.2. The van der Waals surface area contributed by atoms with Gasteiger partial charge in [-0.25, -0.2) is 23.6 Å². The number of carbonyl (C=O) groups is 8. The van der Waals surface area contributed by atoms with Gasteiger partial charge in [-0.2, -0.15) is 5.26 Å². The zero-order valence-electron chi connectivity index (χ0n) is 71.5. The average Bonchev–Trinajstić information content (AvgIpc) is 1.62. The maximum absolute atomic E-state index is 16.2. The molecule has 32 heteroatoms. The molecule has 0 spiro atoms. The molecule has 4 aromatic carbocycles. The van der Waals surface area contributed by atoms with E-state index in [4.69, 9.17) is 66.5 Å². The van der Waals surface area contributed by atoms with Gasteiger partial charge >= 0.3 is 23.8 Å². The molecule has 29 nitrogen and oxygen atoms in total. The topological polar surface area (TPSA) is 401 Å². The molecule has 5 aromatic rings. The predicted octanol–water partition coefficient (Wildman–Crippen LogP) is 12.1. The maximum atomic E-state index is 16.2. The van der Waals surface area contributed by atoms with Crippen LogP contribution in [0.25, 0.3) is 0 Å². The van der Waals surface area contributed by atoms with Crippen molar-refractivity contribution < 1.29 is 85.4 Å². The van der Waals surface area contributed by atoms with Crippen LogP contribution in [0.5, 0.6) is 5.75 Å². The first-order chi connectivity index (χ1) is 58.8. The number of benzene rings is 4. The van der Waals surface area contributed by atoms with Crippen LogP contribution >= 0.6 is 23.2 Å². The smallest absolute Gasteiger partial charge is 0.410 e. The van der Waals surface area contributed by atoms with E-state index in [0.29, 0.717) is 66.0 Å². The van der Waals surface area contributed by atoms with Crippen molar-refractivity contribution in [1.29, 1.82) is 5.26 Å². The predicted molar refractivity (Wildman–Crippen MR) is 459 cm³/mol. The third-order valence-corrected chi connectivity index (χ3v) is 26.8. The van der Waals surface area contributed by atoms with Crippen LogP contribution in [0.15, 0.2) is 113 Å². The highest BCUT2D eigenvalue weighted by molar-refractivity contribution is 6.31. The molecular weight excluding hydrogens is 1620 g/mol. The van der Waals surface area contributed by atoms with Gasteiger partial charge in [0, 0.05) is 78.4 Å². The highest BCUT2D eigenvalue weighted by atomic mass is 35.5. The summed E-state index contributed by atoms with van der Waals surface area (Å²) in [6.45, 7) is 16.8. The molecule has 11 N–H and O–H groups in total. The highest BCUT2D eigenvalue weighted by Crippen LogP contribution is 2.71. The molecule has 668 valence electrons. The zero-order chi connectivity index (χ0) is 88.4. The SMILES string of the molecule is COc1cc(C(=O)NCCOCCOCCOCCOCCC(=O)N[C@@H](C(=O)N[C@@H](CCCNC(N)=O)C(=O)Nc2ccc(COC(=O)N3CCC(NC(=O)O[C@H]4CC[C@]5(C)C6CC[C@]7(C)[C@@H](c8ccc(=O)oc8)CC[C@]7(O)C6CC[C@@H]5C4)CC3)cc2)C(C)C)ccc1NC(=O)[C@@H]1N[C@@H](CC(C)(C)C)[C@](C#N)(c2ccc(Cl)cc2)[C@H]1c1cccc(Cl)c1F. The summed E-state index contributed by atoms with van der Waals surface area (Å²) in [5.74, 6) is -3.57. The minimum Gasteiger partial charge on any atom is -0.495 e. The number of anilines is 2. The van der Waals surface area contributed by atoms with Gasteiger partial charge < -0.3 is 95.8 Å². The number of ether oxygens (including phenoxy) is 7. The Bertz CT molecular complexity index is 4580. The van der Waals surface area contributed by atoms with Gasteiger partial charge in [0.25, 0.3) is 5.91 Å². The number of nitrogens with two attached hydrogens (primary N) is 1. The number of halogens is 3. The largest absolute Gasteiger partial charge is 0.495 e. The number of hydrogen-bond acceptors (Lipinski definition) is 20. The number of urea groups is 1. The Balaban J connectivity index is 0.532. The van der Waals surface area contributed by atoms with Crippen LogP contribution in [-0.4, -0.2) is 186 Å². The summed E-state index contributed by atoms with van der Waals surface area (Å²) in [5.41, 5.74) is 5.18. The Morgan fingerprint density at radius 2 is 1.47 bits per heavy atom. The lowest BCUT2D eigenvalue weighted by atomic mass is 9.43. The first-order valence-corrected chi connectivity index (χ1v) is 43.7. The quantitative estimate of drug-likeness (QED) is 0.0165. The van der Waals surface area contributed by atoms with E-state index >= 15 is 4.39 Å². The molecule has 0 bridgehead atoms. The fourth-order valence-corrected chi connectivity index (χ4v) is 20.1. The lowest BCUT2D eigenvalue weighted by Gasteiger charge is -2.63. The molecule has 6 fully saturated rings. The van der Waals surface area contributed by atoms with Gasteiger partial charge in [-0.15, -0.1) is 0 Å². The summed E-state index contributed by atoms with van der Waals surface area (Å²) in [7, 11) is 1.40. The van der Waals surface area contributed by atoms with Gasteiger partial charge in [0.1, 0.15) is 41.8 Å². The Morgan fingerprint density at radius 1 is 0.772 bits per heavy atom. The number of hydrogen-bond donors (Lipinski definition) is 10. The molecule has 4 saturated carbocycles. The summed E-state index contributed by atoms with van der Waals surface area (Å²) >= 11 is 12.7. The second-order valence-electron chi connectivity index (χ2n) is 35.5. The van der Waals surface area contributed by atoms with E-state index in [-0.39, 0.29) is 171 Å². The van der Waals surface area contributed by atoms with Crippen LogP contribution in [-0.2, 0) is 59.6 Å². The Morgan fingerprint density at radius 3 is 2.13 bits per heavy atom. The normalized spacial score (nSPS) is 25.3. The number of alkyl carbamates (subject to hydrolysis) is 1. The molecule has 6 aliphatic rings. The van der Waals surface area contributed by atoms with Crippen molar-refractivity contribution in [2.75, 3.05) is 96.8 Å². The molecule has 3 heterocycles. The minimum atomic E-state index is -1.46. The number of nitriles is 1. The van der Waals surface area contributed by atoms with E-state index in [9.17, 15) is 53.5 Å². The van der Waals surface area contributed by atoms with Crippen molar-refractivity contribution in [3.8, 4) is 11.8 Å². The molecule has 4 aliphatic carbocycles. The summed E-state index contributed by atoms with van der Waals surface area (Å²) < 4.78 is 61.5. The molecule has 1 aromatic heterocycles. The Labute approximate surface area is 728 Å². The number of nitrogens with zero attached hydrogens (tertiary/aromatic N) is 2. The lowest BCUT2D eigenvalue weighted by Crippen LogP contribution is -2.62. The van der Waals surface area contributed by atoms with Gasteiger partial charge in [0.05, 0.1) is 94.7 Å². The van der Waals surface area contributed by atoms with Crippen molar-refractivity contribution in [2.45, 2.75) is 211 Å². The van der Waals surface area contributed by atoms with Crippen molar-refractivity contribution >= 4 is 82.3 Å². The number of aliphatic hydroxyl groups is 1. The van der Waals surface area contributed by atoms with E-state index in [1.54, 1.807) is 85.7 Å². The number of piperidine rings is 1. The number of carbonyl (C=O) groups excluding carboxylic acids is 8. The van der Waals surface area contributed by atoms with Gasteiger partial charge in [0.2, 0.25) is 23.6 Å². The molecule has 11 rings (SSSR count). The molecular formula is C91H120Cl2FN11O18. The summed E-state index contributed by atoms with van der Waals surface area (Å²) in [6.07, 6.45) is 10.1. The number of nitrogens with one attached hydrogen (secondary N) is 8. The van der Waals surface area contributed by atoms with Crippen LogP contribution in [0.2, 0.25) is 10.0 Å². The van der Waals surface area contributed by atoms with E-state index in [0.717, 1.165) is 63.4 Å². The average molecular weight is 1750 g/mol. The highest BCUT2D eigenvalue weighted by Gasteiger charge is 2.68. The van der Waals surface area contributed by atoms with E-state index in [1.165, 1.54) is 37.4 Å². The first kappa shape index (κ1) is 94.2. The van der Waals surface area contributed by atoms with Gasteiger partial charge in [-0.3, -0.25) is 24.0 Å². The molecule has 0 radical (unpaired) electrons. The summed E-state index contributed by atoms with van der Waals surface area (Å²) in [4.78, 5) is 120. The number of primary amides is 1. The Hall–Kier alpha value is -9.45. The van der Waals surface area contributed by atoms with Crippen LogP contribution in [0.1, 0.15) is 189 Å². The molecule has 2 saturated heterocycles. The molecule has 2 unspecified atom stereocenters. The second-order valence-corrected chi connectivity index (χ2v) is 36.4.